The maximum atomic E-state index is 6.32. The molecule has 2 unspecified atom stereocenters. The van der Waals surface area contributed by atoms with Crippen molar-refractivity contribution in [3.63, 3.8) is 0 Å². The molecule has 1 aliphatic heterocycles. The number of aryl methyl sites for hydroxylation is 1. The number of hydrogen-bond acceptors (Lipinski definition) is 5. The highest BCUT2D eigenvalue weighted by molar-refractivity contribution is 5.06. The Balaban J connectivity index is 2.14. The molecule has 2 N–H and O–H groups in total. The molecule has 16 heavy (non-hydrogen) atoms. The Labute approximate surface area is 95.3 Å². The van der Waals surface area contributed by atoms with Crippen molar-refractivity contribution in [2.45, 2.75) is 51.2 Å². The minimum atomic E-state index is -0.479. The normalized spacial score (nSPS) is 30.6. The van der Waals surface area contributed by atoms with Crippen LogP contribution in [0.1, 0.15) is 44.8 Å². The van der Waals surface area contributed by atoms with Gasteiger partial charge < -0.3 is 15.0 Å². The summed E-state index contributed by atoms with van der Waals surface area (Å²) in [6, 6.07) is 0. The zero-order valence-electron chi connectivity index (χ0n) is 9.90. The van der Waals surface area contributed by atoms with Crippen LogP contribution in [0, 0.1) is 0 Å². The maximum absolute atomic E-state index is 6.32. The lowest BCUT2D eigenvalue weighted by Gasteiger charge is -2.33. The lowest BCUT2D eigenvalue weighted by Crippen LogP contribution is -2.45. The van der Waals surface area contributed by atoms with E-state index in [1.54, 1.807) is 0 Å². The number of nitrogens with two attached hydrogens (primary N) is 1. The number of rotatable bonds is 3. The Kier molecular flexibility index (Phi) is 3.25. The van der Waals surface area contributed by atoms with Gasteiger partial charge in [0.15, 0.2) is 5.82 Å². The fourth-order valence-electron chi connectivity index (χ4n) is 2.09. The second-order valence-electron chi connectivity index (χ2n) is 4.55. The average Bonchev–Trinajstić information content (AvgIpc) is 2.67. The van der Waals surface area contributed by atoms with Gasteiger partial charge in [0, 0.05) is 13.0 Å². The highest BCUT2D eigenvalue weighted by Gasteiger charge is 2.37. The summed E-state index contributed by atoms with van der Waals surface area (Å²) >= 11 is 0. The molecule has 5 nitrogen and oxygen atoms in total. The van der Waals surface area contributed by atoms with Crippen molar-refractivity contribution in [1.29, 1.82) is 0 Å². The van der Waals surface area contributed by atoms with Gasteiger partial charge in [-0.1, -0.05) is 12.1 Å². The van der Waals surface area contributed by atoms with Crippen LogP contribution in [0.25, 0.3) is 0 Å². The first-order chi connectivity index (χ1) is 7.64. The van der Waals surface area contributed by atoms with Gasteiger partial charge >= 0.3 is 0 Å². The molecule has 0 bridgehead atoms. The fourth-order valence-corrected chi connectivity index (χ4v) is 2.09. The predicted molar refractivity (Wildman–Crippen MR) is 58.8 cm³/mol. The first-order valence-electron chi connectivity index (χ1n) is 5.87. The minimum absolute atomic E-state index is 0.159. The zero-order chi connectivity index (χ0) is 11.6. The first-order valence-corrected chi connectivity index (χ1v) is 5.87. The van der Waals surface area contributed by atoms with E-state index in [0.29, 0.717) is 18.3 Å². The van der Waals surface area contributed by atoms with Gasteiger partial charge in [0.1, 0.15) is 0 Å². The van der Waals surface area contributed by atoms with Crippen LogP contribution in [0.5, 0.6) is 0 Å². The summed E-state index contributed by atoms with van der Waals surface area (Å²) in [7, 11) is 0. The van der Waals surface area contributed by atoms with E-state index in [0.717, 1.165) is 25.7 Å². The second kappa shape index (κ2) is 4.51. The fraction of sp³-hybridized carbons (Fsp3) is 0.818. The summed E-state index contributed by atoms with van der Waals surface area (Å²) in [4.78, 5) is 4.37. The lowest BCUT2D eigenvalue weighted by molar-refractivity contribution is -0.0117. The summed E-state index contributed by atoms with van der Waals surface area (Å²) in [5.41, 5.74) is 5.84. The average molecular weight is 225 g/mol. The molecule has 1 fully saturated rings. The molecule has 1 aliphatic rings. The van der Waals surface area contributed by atoms with Crippen LogP contribution in [-0.4, -0.2) is 22.9 Å². The summed E-state index contributed by atoms with van der Waals surface area (Å²) in [6.07, 6.45) is 3.47. The quantitative estimate of drug-likeness (QED) is 0.841. The molecule has 1 aromatic rings. The summed E-state index contributed by atoms with van der Waals surface area (Å²) in [5, 5.41) is 4.00. The molecule has 5 heteroatoms. The molecule has 1 aromatic heterocycles. The van der Waals surface area contributed by atoms with Crippen LogP contribution in [0.4, 0.5) is 0 Å². The van der Waals surface area contributed by atoms with E-state index in [1.807, 2.05) is 6.92 Å². The molecule has 0 spiro atoms. The number of aromatic nitrogens is 2. The summed E-state index contributed by atoms with van der Waals surface area (Å²) in [6.45, 7) is 4.77. The molecule has 0 aromatic carbocycles. The topological polar surface area (TPSA) is 74.2 Å². The molecule has 0 amide bonds. The lowest BCUT2D eigenvalue weighted by atomic mass is 9.87. The van der Waals surface area contributed by atoms with E-state index in [2.05, 4.69) is 17.1 Å². The molecule has 90 valence electrons. The molecule has 1 saturated heterocycles. The van der Waals surface area contributed by atoms with Crippen LogP contribution >= 0.6 is 0 Å². The van der Waals surface area contributed by atoms with Crippen LogP contribution in [0.3, 0.4) is 0 Å². The van der Waals surface area contributed by atoms with Gasteiger partial charge in [-0.25, -0.2) is 0 Å². The highest BCUT2D eigenvalue weighted by atomic mass is 16.5. The van der Waals surface area contributed by atoms with Gasteiger partial charge in [0.05, 0.1) is 11.6 Å². The van der Waals surface area contributed by atoms with Crippen molar-refractivity contribution in [2.24, 2.45) is 5.73 Å². The van der Waals surface area contributed by atoms with Gasteiger partial charge in [0.2, 0.25) is 5.89 Å². The van der Waals surface area contributed by atoms with Crippen molar-refractivity contribution in [3.8, 4) is 0 Å². The SMILES string of the molecule is CCCc1nc(C2(N)CCOC(C)C2)no1. The van der Waals surface area contributed by atoms with Gasteiger partial charge in [-0.2, -0.15) is 4.98 Å². The van der Waals surface area contributed by atoms with E-state index in [1.165, 1.54) is 0 Å². The second-order valence-corrected chi connectivity index (χ2v) is 4.55. The first kappa shape index (κ1) is 11.5. The smallest absolute Gasteiger partial charge is 0.226 e. The number of ether oxygens (including phenoxy) is 1. The van der Waals surface area contributed by atoms with Gasteiger partial charge in [-0.3, -0.25) is 0 Å². The van der Waals surface area contributed by atoms with Crippen molar-refractivity contribution in [2.75, 3.05) is 6.61 Å². The van der Waals surface area contributed by atoms with Gasteiger partial charge in [0.25, 0.3) is 0 Å². The van der Waals surface area contributed by atoms with Crippen LogP contribution in [0.15, 0.2) is 4.52 Å². The Morgan fingerprint density at radius 1 is 1.56 bits per heavy atom. The zero-order valence-corrected chi connectivity index (χ0v) is 9.90. The molecule has 0 saturated carbocycles. The number of hydrogen-bond donors (Lipinski definition) is 1. The highest BCUT2D eigenvalue weighted by Crippen LogP contribution is 2.30. The van der Waals surface area contributed by atoms with Crippen molar-refractivity contribution in [1.82, 2.24) is 10.1 Å². The Bertz CT molecular complexity index is 353. The Morgan fingerprint density at radius 3 is 3.06 bits per heavy atom. The molecule has 0 radical (unpaired) electrons. The third kappa shape index (κ3) is 2.25. The van der Waals surface area contributed by atoms with Crippen molar-refractivity contribution in [3.05, 3.63) is 11.7 Å². The van der Waals surface area contributed by atoms with Gasteiger partial charge in [-0.15, -0.1) is 0 Å². The molecule has 2 heterocycles. The number of nitrogens with zero attached hydrogens (tertiary/aromatic N) is 2. The third-order valence-corrected chi connectivity index (χ3v) is 2.98. The van der Waals surface area contributed by atoms with Crippen molar-refractivity contribution < 1.29 is 9.26 Å². The monoisotopic (exact) mass is 225 g/mol. The van der Waals surface area contributed by atoms with Gasteiger partial charge in [-0.05, 0) is 26.2 Å². The summed E-state index contributed by atoms with van der Waals surface area (Å²) in [5.74, 6) is 1.31. The minimum Gasteiger partial charge on any atom is -0.378 e. The van der Waals surface area contributed by atoms with Crippen LogP contribution in [-0.2, 0) is 16.7 Å². The predicted octanol–water partition coefficient (Wildman–Crippen LogP) is 1.38. The van der Waals surface area contributed by atoms with E-state index in [9.17, 15) is 0 Å². The third-order valence-electron chi connectivity index (χ3n) is 2.98. The van der Waals surface area contributed by atoms with E-state index in [-0.39, 0.29) is 6.10 Å². The van der Waals surface area contributed by atoms with E-state index >= 15 is 0 Å². The van der Waals surface area contributed by atoms with Crippen LogP contribution in [0.2, 0.25) is 0 Å². The molecular formula is C11H19N3O2. The molecule has 0 aliphatic carbocycles. The molecule has 2 atom stereocenters. The van der Waals surface area contributed by atoms with E-state index < -0.39 is 5.54 Å². The summed E-state index contributed by atoms with van der Waals surface area (Å²) < 4.78 is 10.7. The molecule has 2 rings (SSSR count). The Hall–Kier alpha value is -0.940. The molecular weight excluding hydrogens is 206 g/mol. The van der Waals surface area contributed by atoms with Crippen molar-refractivity contribution >= 4 is 0 Å². The van der Waals surface area contributed by atoms with Crippen LogP contribution < -0.4 is 5.73 Å². The largest absolute Gasteiger partial charge is 0.378 e. The maximum Gasteiger partial charge on any atom is 0.226 e. The standard InChI is InChI=1S/C11H19N3O2/c1-3-4-9-13-10(14-16-9)11(12)5-6-15-8(2)7-11/h8H,3-7,12H2,1-2H3. The Morgan fingerprint density at radius 2 is 2.38 bits per heavy atom. The van der Waals surface area contributed by atoms with E-state index in [4.69, 9.17) is 15.0 Å².